The first-order chi connectivity index (χ1) is 14.2. The molecule has 0 aliphatic carbocycles. The van der Waals surface area contributed by atoms with Crippen molar-refractivity contribution in [3.05, 3.63) is 47.5 Å². The summed E-state index contributed by atoms with van der Waals surface area (Å²) in [4.78, 5) is 14.4. The van der Waals surface area contributed by atoms with Crippen molar-refractivity contribution in [1.82, 2.24) is 4.90 Å². The minimum atomic E-state index is -3.36. The Morgan fingerprint density at radius 3 is 1.90 bits per heavy atom. The average molecular weight is 437 g/mol. The van der Waals surface area contributed by atoms with Crippen LogP contribution in [0.3, 0.4) is 0 Å². The van der Waals surface area contributed by atoms with Crippen LogP contribution >= 0.6 is 0 Å². The maximum Gasteiger partial charge on any atom is 0.253 e. The fourth-order valence-electron chi connectivity index (χ4n) is 2.96. The highest BCUT2D eigenvalue weighted by molar-refractivity contribution is 7.92. The zero-order chi connectivity index (χ0) is 22.5. The predicted octanol–water partition coefficient (Wildman–Crippen LogP) is 2.77. The molecule has 0 N–H and O–H groups in total. The SMILES string of the molecule is CCS(=O)(=O)N(C)c1ccc(C(=O)N(C)Cc2cc(OC)c(OC)c(OC)c2)cc1. The third kappa shape index (κ3) is 4.96. The number of ether oxygens (including phenoxy) is 3. The molecule has 0 fully saturated rings. The average Bonchev–Trinajstić information content (AvgIpc) is 2.77. The van der Waals surface area contributed by atoms with E-state index in [0.29, 0.717) is 35.0 Å². The fraction of sp³-hybridized carbons (Fsp3) is 0.381. The molecule has 0 spiro atoms. The van der Waals surface area contributed by atoms with Gasteiger partial charge in [-0.15, -0.1) is 0 Å². The zero-order valence-corrected chi connectivity index (χ0v) is 18.9. The normalized spacial score (nSPS) is 11.0. The lowest BCUT2D eigenvalue weighted by Crippen LogP contribution is -2.28. The molecule has 0 heterocycles. The van der Waals surface area contributed by atoms with Crippen molar-refractivity contribution in [2.45, 2.75) is 13.5 Å². The van der Waals surface area contributed by atoms with E-state index in [2.05, 4.69) is 0 Å². The number of benzene rings is 2. The van der Waals surface area contributed by atoms with Crippen molar-refractivity contribution in [1.29, 1.82) is 0 Å². The molecule has 0 radical (unpaired) electrons. The Hall–Kier alpha value is -2.94. The highest BCUT2D eigenvalue weighted by Gasteiger charge is 2.19. The van der Waals surface area contributed by atoms with E-state index in [9.17, 15) is 13.2 Å². The maximum atomic E-state index is 12.8. The second-order valence-electron chi connectivity index (χ2n) is 6.61. The summed E-state index contributed by atoms with van der Waals surface area (Å²) in [6.45, 7) is 1.91. The molecule has 9 heteroatoms. The molecule has 2 aromatic carbocycles. The van der Waals surface area contributed by atoms with E-state index in [0.717, 1.165) is 5.56 Å². The van der Waals surface area contributed by atoms with E-state index in [1.807, 2.05) is 0 Å². The van der Waals surface area contributed by atoms with Crippen LogP contribution in [0.4, 0.5) is 5.69 Å². The topological polar surface area (TPSA) is 85.4 Å². The van der Waals surface area contributed by atoms with E-state index in [1.165, 1.54) is 32.7 Å². The van der Waals surface area contributed by atoms with Gasteiger partial charge in [0.05, 0.1) is 32.8 Å². The summed E-state index contributed by atoms with van der Waals surface area (Å²) in [5.41, 5.74) is 1.77. The number of hydrogen-bond acceptors (Lipinski definition) is 6. The summed E-state index contributed by atoms with van der Waals surface area (Å²) in [7, 11) is 4.42. The first-order valence-electron chi connectivity index (χ1n) is 9.29. The van der Waals surface area contributed by atoms with E-state index in [4.69, 9.17) is 14.2 Å². The maximum absolute atomic E-state index is 12.8. The standard InChI is InChI=1S/C21H28N2O6S/c1-7-30(25,26)23(3)17-10-8-16(9-11-17)21(24)22(2)14-15-12-18(27-4)20(29-6)19(13-15)28-5/h8-13H,7,14H2,1-6H3. The lowest BCUT2D eigenvalue weighted by molar-refractivity contribution is 0.0785. The second-order valence-corrected chi connectivity index (χ2v) is 8.90. The van der Waals surface area contributed by atoms with Crippen LogP contribution in [0.5, 0.6) is 17.2 Å². The lowest BCUT2D eigenvalue weighted by Gasteiger charge is -2.21. The van der Waals surface area contributed by atoms with Crippen LogP contribution in [0.25, 0.3) is 0 Å². The zero-order valence-electron chi connectivity index (χ0n) is 18.1. The molecule has 164 valence electrons. The first kappa shape index (κ1) is 23.3. The number of carbonyl (C=O) groups excluding carboxylic acids is 1. The van der Waals surface area contributed by atoms with Crippen LogP contribution in [0, 0.1) is 0 Å². The van der Waals surface area contributed by atoms with Crippen molar-refractivity contribution in [3.8, 4) is 17.2 Å². The first-order valence-corrected chi connectivity index (χ1v) is 10.9. The highest BCUT2D eigenvalue weighted by atomic mass is 32.2. The van der Waals surface area contributed by atoms with Crippen molar-refractivity contribution < 1.29 is 27.4 Å². The Morgan fingerprint density at radius 2 is 1.47 bits per heavy atom. The Labute approximate surface area is 178 Å². The van der Waals surface area contributed by atoms with Crippen molar-refractivity contribution in [2.75, 3.05) is 45.5 Å². The molecule has 0 bridgehead atoms. The van der Waals surface area contributed by atoms with Gasteiger partial charge in [-0.25, -0.2) is 8.42 Å². The number of nitrogens with zero attached hydrogens (tertiary/aromatic N) is 2. The molecule has 0 aliphatic rings. The summed E-state index contributed by atoms with van der Waals surface area (Å²) in [6, 6.07) is 10.1. The molecule has 1 amide bonds. The summed E-state index contributed by atoms with van der Waals surface area (Å²) in [5.74, 6) is 1.31. The molecule has 0 aromatic heterocycles. The lowest BCUT2D eigenvalue weighted by atomic mass is 10.1. The van der Waals surface area contributed by atoms with Gasteiger partial charge >= 0.3 is 0 Å². The van der Waals surface area contributed by atoms with Gasteiger partial charge in [0.1, 0.15) is 0 Å². The Bertz CT molecular complexity index is 964. The number of amides is 1. The second kappa shape index (κ2) is 9.71. The third-order valence-corrected chi connectivity index (χ3v) is 6.53. The van der Waals surface area contributed by atoms with Crippen LogP contribution < -0.4 is 18.5 Å². The van der Waals surface area contributed by atoms with Gasteiger partial charge in [0, 0.05) is 26.2 Å². The van der Waals surface area contributed by atoms with Gasteiger partial charge in [0.15, 0.2) is 11.5 Å². The molecule has 30 heavy (non-hydrogen) atoms. The molecule has 0 saturated heterocycles. The Morgan fingerprint density at radius 1 is 0.933 bits per heavy atom. The van der Waals surface area contributed by atoms with Gasteiger partial charge < -0.3 is 19.1 Å². The van der Waals surface area contributed by atoms with E-state index < -0.39 is 10.0 Å². The molecular weight excluding hydrogens is 408 g/mol. The summed E-state index contributed by atoms with van der Waals surface area (Å²) in [5, 5.41) is 0. The van der Waals surface area contributed by atoms with Crippen LogP contribution in [-0.2, 0) is 16.6 Å². The molecule has 8 nitrogen and oxygen atoms in total. The number of hydrogen-bond donors (Lipinski definition) is 0. The van der Waals surface area contributed by atoms with Crippen LogP contribution in [0.1, 0.15) is 22.8 Å². The van der Waals surface area contributed by atoms with Crippen LogP contribution in [0.2, 0.25) is 0 Å². The van der Waals surface area contributed by atoms with Gasteiger partial charge in [0.2, 0.25) is 15.8 Å². The van der Waals surface area contributed by atoms with Gasteiger partial charge in [-0.05, 0) is 48.9 Å². The minimum absolute atomic E-state index is 0.00169. The number of carbonyl (C=O) groups is 1. The van der Waals surface area contributed by atoms with Crippen molar-refractivity contribution in [3.63, 3.8) is 0 Å². The molecule has 2 rings (SSSR count). The number of anilines is 1. The monoisotopic (exact) mass is 436 g/mol. The number of methoxy groups -OCH3 is 3. The Balaban J connectivity index is 2.20. The van der Waals surface area contributed by atoms with Gasteiger partial charge in [0.25, 0.3) is 5.91 Å². The molecular formula is C21H28N2O6S. The van der Waals surface area contributed by atoms with Gasteiger partial charge in [-0.3, -0.25) is 9.10 Å². The van der Waals surface area contributed by atoms with Crippen LogP contribution in [-0.4, -0.2) is 60.4 Å². The van der Waals surface area contributed by atoms with Crippen LogP contribution in [0.15, 0.2) is 36.4 Å². The van der Waals surface area contributed by atoms with E-state index >= 15 is 0 Å². The van der Waals surface area contributed by atoms with E-state index in [-0.39, 0.29) is 11.7 Å². The van der Waals surface area contributed by atoms with Gasteiger partial charge in [-0.1, -0.05) is 0 Å². The molecule has 0 unspecified atom stereocenters. The fourth-order valence-corrected chi connectivity index (χ4v) is 3.79. The van der Waals surface area contributed by atoms with Crippen molar-refractivity contribution >= 4 is 21.6 Å². The van der Waals surface area contributed by atoms with E-state index in [1.54, 1.807) is 55.3 Å². The smallest absolute Gasteiger partial charge is 0.253 e. The predicted molar refractivity (Wildman–Crippen MR) is 116 cm³/mol. The molecule has 0 aliphatic heterocycles. The summed E-state index contributed by atoms with van der Waals surface area (Å²) in [6.07, 6.45) is 0. The highest BCUT2D eigenvalue weighted by Crippen LogP contribution is 2.38. The quantitative estimate of drug-likeness (QED) is 0.601. The third-order valence-electron chi connectivity index (χ3n) is 4.75. The summed E-state index contributed by atoms with van der Waals surface area (Å²) < 4.78 is 41.2. The largest absolute Gasteiger partial charge is 0.493 e. The minimum Gasteiger partial charge on any atom is -0.493 e. The number of sulfonamides is 1. The Kier molecular flexibility index (Phi) is 7.55. The molecule has 2 aromatic rings. The van der Waals surface area contributed by atoms with Crippen molar-refractivity contribution in [2.24, 2.45) is 0 Å². The molecule has 0 saturated carbocycles. The van der Waals surface area contributed by atoms with Gasteiger partial charge in [-0.2, -0.15) is 0 Å². The summed E-state index contributed by atoms with van der Waals surface area (Å²) >= 11 is 0. The number of rotatable bonds is 9. The molecule has 0 atom stereocenters.